The summed E-state index contributed by atoms with van der Waals surface area (Å²) in [7, 11) is 0. The van der Waals surface area contributed by atoms with Crippen LogP contribution in [0.4, 0.5) is 13.2 Å². The number of hydrogen-bond acceptors (Lipinski definition) is 3. The van der Waals surface area contributed by atoms with E-state index in [1.165, 1.54) is 31.4 Å². The van der Waals surface area contributed by atoms with Gasteiger partial charge in [-0.15, -0.1) is 13.2 Å². The van der Waals surface area contributed by atoms with E-state index >= 15 is 0 Å². The fourth-order valence-corrected chi connectivity index (χ4v) is 2.74. The number of benzene rings is 1. The smallest absolute Gasteiger partial charge is 0.406 e. The standard InChI is InChI=1S/C18H25F3O3/c1-2-3-4-5-15-12-22-17(23-13-15)11-8-14-6-9-16(10-7-14)24-18(19,20)21/h6-7,9-10,15,17H,2-5,8,11-13H2,1H3. The molecule has 1 heterocycles. The molecule has 0 saturated carbocycles. The Kier molecular flexibility index (Phi) is 7.37. The van der Waals surface area contributed by atoms with E-state index in [9.17, 15) is 13.2 Å². The minimum absolute atomic E-state index is 0.202. The number of hydrogen-bond donors (Lipinski definition) is 0. The van der Waals surface area contributed by atoms with Crippen molar-refractivity contribution in [1.29, 1.82) is 0 Å². The molecule has 1 saturated heterocycles. The van der Waals surface area contributed by atoms with Crippen LogP contribution in [-0.2, 0) is 15.9 Å². The Morgan fingerprint density at radius 1 is 1.04 bits per heavy atom. The number of halogens is 3. The molecular weight excluding hydrogens is 321 g/mol. The second kappa shape index (κ2) is 9.28. The molecule has 0 aliphatic carbocycles. The summed E-state index contributed by atoms with van der Waals surface area (Å²) >= 11 is 0. The van der Waals surface area contributed by atoms with E-state index in [1.54, 1.807) is 12.1 Å². The number of alkyl halides is 3. The number of rotatable bonds is 8. The van der Waals surface area contributed by atoms with Crippen LogP contribution >= 0.6 is 0 Å². The van der Waals surface area contributed by atoms with Crippen LogP contribution in [-0.4, -0.2) is 25.9 Å². The first-order valence-corrected chi connectivity index (χ1v) is 8.54. The zero-order chi connectivity index (χ0) is 17.4. The van der Waals surface area contributed by atoms with Gasteiger partial charge >= 0.3 is 6.36 Å². The lowest BCUT2D eigenvalue weighted by Gasteiger charge is -2.29. The van der Waals surface area contributed by atoms with Crippen LogP contribution < -0.4 is 4.74 Å². The maximum absolute atomic E-state index is 12.1. The summed E-state index contributed by atoms with van der Waals surface area (Å²) in [5, 5.41) is 0. The van der Waals surface area contributed by atoms with E-state index in [-0.39, 0.29) is 12.0 Å². The van der Waals surface area contributed by atoms with Crippen molar-refractivity contribution < 1.29 is 27.4 Å². The zero-order valence-electron chi connectivity index (χ0n) is 14.0. The molecule has 0 bridgehead atoms. The van der Waals surface area contributed by atoms with Gasteiger partial charge in [0.05, 0.1) is 13.2 Å². The van der Waals surface area contributed by atoms with Crippen LogP contribution in [0.5, 0.6) is 5.75 Å². The van der Waals surface area contributed by atoms with Crippen LogP contribution in [0.3, 0.4) is 0 Å². The van der Waals surface area contributed by atoms with Crippen LogP contribution in [0.2, 0.25) is 0 Å². The Hall–Kier alpha value is -1.27. The number of unbranched alkanes of at least 4 members (excludes halogenated alkanes) is 2. The van der Waals surface area contributed by atoms with Crippen molar-refractivity contribution in [3.05, 3.63) is 29.8 Å². The monoisotopic (exact) mass is 346 g/mol. The molecule has 3 nitrogen and oxygen atoms in total. The van der Waals surface area contributed by atoms with Crippen molar-refractivity contribution in [2.75, 3.05) is 13.2 Å². The van der Waals surface area contributed by atoms with Crippen molar-refractivity contribution in [2.45, 2.75) is 58.1 Å². The molecule has 0 atom stereocenters. The average Bonchev–Trinajstić information content (AvgIpc) is 2.54. The Morgan fingerprint density at radius 2 is 1.71 bits per heavy atom. The normalized spacial score (nSPS) is 21.7. The summed E-state index contributed by atoms with van der Waals surface area (Å²) in [4.78, 5) is 0. The minimum atomic E-state index is -4.65. The van der Waals surface area contributed by atoms with E-state index in [2.05, 4.69) is 11.7 Å². The highest BCUT2D eigenvalue weighted by molar-refractivity contribution is 5.27. The fraction of sp³-hybridized carbons (Fsp3) is 0.667. The molecule has 0 spiro atoms. The van der Waals surface area contributed by atoms with Gasteiger partial charge in [-0.2, -0.15) is 0 Å². The van der Waals surface area contributed by atoms with Gasteiger partial charge in [-0.3, -0.25) is 0 Å². The van der Waals surface area contributed by atoms with Crippen LogP contribution in [0, 0.1) is 5.92 Å². The van der Waals surface area contributed by atoms with Gasteiger partial charge in [-0.25, -0.2) is 0 Å². The second-order valence-corrected chi connectivity index (χ2v) is 6.19. The number of ether oxygens (including phenoxy) is 3. The van der Waals surface area contributed by atoms with Crippen LogP contribution in [0.25, 0.3) is 0 Å². The highest BCUT2D eigenvalue weighted by Crippen LogP contribution is 2.24. The first kappa shape index (κ1) is 19.1. The second-order valence-electron chi connectivity index (χ2n) is 6.19. The molecule has 1 aromatic carbocycles. The molecule has 2 rings (SSSR count). The molecule has 6 heteroatoms. The lowest BCUT2D eigenvalue weighted by Crippen LogP contribution is -2.32. The van der Waals surface area contributed by atoms with Gasteiger partial charge in [0.2, 0.25) is 0 Å². The summed E-state index contributed by atoms with van der Waals surface area (Å²) in [5.74, 6) is 0.276. The Bertz CT molecular complexity index is 465. The summed E-state index contributed by atoms with van der Waals surface area (Å²) < 4.78 is 51.6. The predicted octanol–water partition coefficient (Wildman–Crippen LogP) is 5.09. The maximum atomic E-state index is 12.1. The average molecular weight is 346 g/mol. The highest BCUT2D eigenvalue weighted by Gasteiger charge is 2.31. The lowest BCUT2D eigenvalue weighted by molar-refractivity contribution is -0.274. The van der Waals surface area contributed by atoms with E-state index in [4.69, 9.17) is 9.47 Å². The van der Waals surface area contributed by atoms with Crippen molar-refractivity contribution in [3.8, 4) is 5.75 Å². The third-order valence-electron chi connectivity index (χ3n) is 4.08. The Morgan fingerprint density at radius 3 is 2.29 bits per heavy atom. The minimum Gasteiger partial charge on any atom is -0.406 e. The van der Waals surface area contributed by atoms with E-state index in [0.717, 1.165) is 25.2 Å². The van der Waals surface area contributed by atoms with Gasteiger partial charge in [0.25, 0.3) is 0 Å². The predicted molar refractivity (Wildman–Crippen MR) is 84.8 cm³/mol. The quantitative estimate of drug-likeness (QED) is 0.614. The van der Waals surface area contributed by atoms with E-state index in [1.807, 2.05) is 0 Å². The van der Waals surface area contributed by atoms with E-state index < -0.39 is 6.36 Å². The molecule has 0 aromatic heterocycles. The molecule has 24 heavy (non-hydrogen) atoms. The van der Waals surface area contributed by atoms with Gasteiger partial charge in [0.1, 0.15) is 5.75 Å². The molecular formula is C18H25F3O3. The first-order valence-electron chi connectivity index (χ1n) is 8.54. The Labute approximate surface area is 141 Å². The molecule has 1 aliphatic heterocycles. The molecule has 0 unspecified atom stereocenters. The summed E-state index contributed by atoms with van der Waals surface area (Å²) in [5.41, 5.74) is 0.932. The molecule has 1 aromatic rings. The molecule has 0 amide bonds. The van der Waals surface area contributed by atoms with Gasteiger partial charge in [0.15, 0.2) is 6.29 Å². The molecule has 1 fully saturated rings. The van der Waals surface area contributed by atoms with Crippen molar-refractivity contribution >= 4 is 0 Å². The lowest BCUT2D eigenvalue weighted by atomic mass is 10.0. The largest absolute Gasteiger partial charge is 0.573 e. The fourth-order valence-electron chi connectivity index (χ4n) is 2.74. The molecule has 1 aliphatic rings. The third kappa shape index (κ3) is 7.09. The van der Waals surface area contributed by atoms with Gasteiger partial charge < -0.3 is 14.2 Å². The molecule has 0 N–H and O–H groups in total. The molecule has 136 valence electrons. The maximum Gasteiger partial charge on any atom is 0.573 e. The topological polar surface area (TPSA) is 27.7 Å². The van der Waals surface area contributed by atoms with Crippen molar-refractivity contribution in [3.63, 3.8) is 0 Å². The van der Waals surface area contributed by atoms with Gasteiger partial charge in [-0.1, -0.05) is 38.3 Å². The summed E-state index contributed by atoms with van der Waals surface area (Å²) in [6.07, 6.45) is 1.32. The first-order chi connectivity index (χ1) is 11.5. The van der Waals surface area contributed by atoms with Crippen molar-refractivity contribution in [1.82, 2.24) is 0 Å². The number of aryl methyl sites for hydroxylation is 1. The summed E-state index contributed by atoms with van der Waals surface area (Å²) in [6, 6.07) is 5.93. The highest BCUT2D eigenvalue weighted by atomic mass is 19.4. The summed E-state index contributed by atoms with van der Waals surface area (Å²) in [6.45, 7) is 3.64. The van der Waals surface area contributed by atoms with Gasteiger partial charge in [0, 0.05) is 12.3 Å². The Balaban J connectivity index is 1.67. The van der Waals surface area contributed by atoms with E-state index in [0.29, 0.717) is 18.8 Å². The third-order valence-corrected chi connectivity index (χ3v) is 4.08. The van der Waals surface area contributed by atoms with Gasteiger partial charge in [-0.05, 0) is 30.5 Å². The molecule has 0 radical (unpaired) electrons. The SMILES string of the molecule is CCCCCC1COC(CCc2ccc(OC(F)(F)F)cc2)OC1. The van der Waals surface area contributed by atoms with Crippen LogP contribution in [0.15, 0.2) is 24.3 Å². The van der Waals surface area contributed by atoms with Crippen molar-refractivity contribution in [2.24, 2.45) is 5.92 Å². The zero-order valence-corrected chi connectivity index (χ0v) is 14.0. The van der Waals surface area contributed by atoms with Crippen LogP contribution in [0.1, 0.15) is 44.6 Å².